The van der Waals surface area contributed by atoms with E-state index in [1.54, 1.807) is 48.5 Å². The lowest BCUT2D eigenvalue weighted by molar-refractivity contribution is -0.385. The Morgan fingerprint density at radius 2 is 1.82 bits per heavy atom. The number of carbonyl (C=O) groups is 1. The highest BCUT2D eigenvalue weighted by Crippen LogP contribution is 2.35. The quantitative estimate of drug-likeness (QED) is 0.409. The molecule has 0 aromatic heterocycles. The van der Waals surface area contributed by atoms with Gasteiger partial charge in [-0.1, -0.05) is 6.92 Å². The molecule has 158 valence electrons. The van der Waals surface area contributed by atoms with E-state index in [0.29, 0.717) is 0 Å². The minimum Gasteiger partial charge on any atom is -0.460 e. The first-order valence-corrected chi connectivity index (χ1v) is 10.1. The van der Waals surface area contributed by atoms with Gasteiger partial charge in [0, 0.05) is 17.7 Å². The number of nitro benzene ring substituents is 1. The van der Waals surface area contributed by atoms with Crippen LogP contribution in [0.2, 0.25) is 0 Å². The maximum atomic E-state index is 14.7. The minimum absolute atomic E-state index is 0.0901. The topological polar surface area (TPSA) is 98.5 Å². The number of nitro groups is 1. The van der Waals surface area contributed by atoms with Crippen molar-refractivity contribution < 1.29 is 23.1 Å². The molecule has 0 bridgehead atoms. The predicted octanol–water partition coefficient (Wildman–Crippen LogP) is 4.12. The second kappa shape index (κ2) is 8.65. The second-order valence-corrected chi connectivity index (χ2v) is 10.6. The molecule has 1 aromatic rings. The molecule has 0 aliphatic rings. The lowest BCUT2D eigenvalue weighted by atomic mass is 9.84. The number of non-ortho nitro benzene ring substituents is 1. The summed E-state index contributed by atoms with van der Waals surface area (Å²) in [6.45, 7) is 12.0. The lowest BCUT2D eigenvalue weighted by Gasteiger charge is -2.36. The fourth-order valence-electron chi connectivity index (χ4n) is 2.52. The molecular weight excluding hydrogens is 387 g/mol. The van der Waals surface area contributed by atoms with Gasteiger partial charge in [0.05, 0.1) is 32.6 Å². The van der Waals surface area contributed by atoms with Crippen molar-refractivity contribution in [2.45, 2.75) is 77.2 Å². The van der Waals surface area contributed by atoms with Crippen molar-refractivity contribution in [1.29, 1.82) is 0 Å². The van der Waals surface area contributed by atoms with Crippen molar-refractivity contribution in [1.82, 2.24) is 4.72 Å². The van der Waals surface area contributed by atoms with Gasteiger partial charge in [-0.05, 0) is 54.0 Å². The summed E-state index contributed by atoms with van der Waals surface area (Å²) in [6.07, 6.45) is -0.174. The molecule has 0 spiro atoms. The van der Waals surface area contributed by atoms with Crippen LogP contribution in [0.4, 0.5) is 10.1 Å². The van der Waals surface area contributed by atoms with E-state index in [-0.39, 0.29) is 24.1 Å². The number of rotatable bonds is 7. The summed E-state index contributed by atoms with van der Waals surface area (Å²) in [5.74, 6) is -1.35. The zero-order valence-corrected chi connectivity index (χ0v) is 18.2. The van der Waals surface area contributed by atoms with Crippen LogP contribution in [0, 0.1) is 15.9 Å². The summed E-state index contributed by atoms with van der Waals surface area (Å²) >= 11 is 0. The molecule has 0 aliphatic carbocycles. The van der Waals surface area contributed by atoms with Crippen LogP contribution < -0.4 is 4.72 Å². The molecule has 28 heavy (non-hydrogen) atoms. The van der Waals surface area contributed by atoms with Crippen molar-refractivity contribution in [3.05, 3.63) is 39.7 Å². The molecule has 7 nitrogen and oxygen atoms in total. The van der Waals surface area contributed by atoms with Gasteiger partial charge >= 0.3 is 5.97 Å². The van der Waals surface area contributed by atoms with E-state index in [0.717, 1.165) is 18.2 Å². The molecule has 0 aliphatic heterocycles. The molecule has 0 amide bonds. The van der Waals surface area contributed by atoms with Crippen molar-refractivity contribution >= 4 is 22.6 Å². The highest BCUT2D eigenvalue weighted by molar-refractivity contribution is 7.84. The van der Waals surface area contributed by atoms with Gasteiger partial charge in [-0.25, -0.2) is 13.3 Å². The second-order valence-electron chi connectivity index (χ2n) is 8.60. The first kappa shape index (κ1) is 24.2. The summed E-state index contributed by atoms with van der Waals surface area (Å²) in [4.78, 5) is 23.1. The number of hydrogen-bond donors (Lipinski definition) is 1. The summed E-state index contributed by atoms with van der Waals surface area (Å²) in [7, 11) is -1.67. The van der Waals surface area contributed by atoms with E-state index in [1.165, 1.54) is 0 Å². The van der Waals surface area contributed by atoms with Gasteiger partial charge in [0.2, 0.25) is 0 Å². The minimum atomic E-state index is -1.67. The Hall–Kier alpha value is -1.87. The van der Waals surface area contributed by atoms with Crippen molar-refractivity contribution in [2.75, 3.05) is 0 Å². The fourth-order valence-corrected chi connectivity index (χ4v) is 3.51. The van der Waals surface area contributed by atoms with Gasteiger partial charge in [-0.15, -0.1) is 0 Å². The third kappa shape index (κ3) is 6.34. The molecule has 0 fully saturated rings. The van der Waals surface area contributed by atoms with Gasteiger partial charge in [0.15, 0.2) is 0 Å². The van der Waals surface area contributed by atoms with Crippen LogP contribution in [0.25, 0.3) is 0 Å². The highest BCUT2D eigenvalue weighted by atomic mass is 32.2. The highest BCUT2D eigenvalue weighted by Gasteiger charge is 2.41. The molecule has 0 saturated heterocycles. The van der Waals surface area contributed by atoms with Crippen LogP contribution >= 0.6 is 0 Å². The summed E-state index contributed by atoms with van der Waals surface area (Å²) in [5.41, 5.74) is -2.60. The Morgan fingerprint density at radius 3 is 2.25 bits per heavy atom. The van der Waals surface area contributed by atoms with E-state index in [9.17, 15) is 23.5 Å². The summed E-state index contributed by atoms with van der Waals surface area (Å²) in [5, 5.41) is 11.2. The SMILES string of the molecule is CC[C@](CC(=O)OC(C)(C)C)(NS(=O)C(C)(C)C)c1cc([N+](=O)[O-])ccc1F. The Balaban J connectivity index is 3.53. The smallest absolute Gasteiger partial charge is 0.308 e. The first-order valence-electron chi connectivity index (χ1n) is 8.97. The van der Waals surface area contributed by atoms with E-state index in [2.05, 4.69) is 4.72 Å². The molecule has 1 aromatic carbocycles. The van der Waals surface area contributed by atoms with E-state index >= 15 is 0 Å². The molecule has 1 N–H and O–H groups in total. The van der Waals surface area contributed by atoms with Gasteiger partial charge in [0.1, 0.15) is 11.4 Å². The van der Waals surface area contributed by atoms with Crippen LogP contribution in [0.5, 0.6) is 0 Å². The Morgan fingerprint density at radius 1 is 1.25 bits per heavy atom. The lowest BCUT2D eigenvalue weighted by Crippen LogP contribution is -2.50. The standard InChI is InChI=1S/C19H29FN2O5S/c1-8-19(21-28(26)18(5,6)7,12-16(23)27-17(2,3)4)14-11-13(22(24)25)9-10-15(14)20/h9-11,21H,8,12H2,1-7H3/t19-,28?/m1/s1. The molecule has 1 unspecified atom stereocenters. The molecule has 1 rings (SSSR count). The Labute approximate surface area is 167 Å². The van der Waals surface area contributed by atoms with Crippen LogP contribution in [-0.2, 0) is 26.1 Å². The normalized spacial score (nSPS) is 15.6. The Bertz CT molecular complexity index is 771. The van der Waals surface area contributed by atoms with E-state index in [4.69, 9.17) is 4.74 Å². The predicted molar refractivity (Wildman–Crippen MR) is 107 cm³/mol. The average Bonchev–Trinajstić information content (AvgIpc) is 2.51. The third-order valence-corrected chi connectivity index (χ3v) is 5.68. The van der Waals surface area contributed by atoms with Crippen molar-refractivity contribution in [3.63, 3.8) is 0 Å². The van der Waals surface area contributed by atoms with Crippen LogP contribution in [0.3, 0.4) is 0 Å². The Kier molecular flexibility index (Phi) is 7.47. The fraction of sp³-hybridized carbons (Fsp3) is 0.632. The van der Waals surface area contributed by atoms with Gasteiger partial charge in [0.25, 0.3) is 5.69 Å². The molecular formula is C19H29FN2O5S. The molecule has 9 heteroatoms. The first-order chi connectivity index (χ1) is 12.6. The van der Waals surface area contributed by atoms with E-state index in [1.807, 2.05) is 0 Å². The maximum absolute atomic E-state index is 14.7. The van der Waals surface area contributed by atoms with Gasteiger partial charge in [-0.2, -0.15) is 0 Å². The largest absolute Gasteiger partial charge is 0.460 e. The van der Waals surface area contributed by atoms with Crippen molar-refractivity contribution in [3.8, 4) is 0 Å². The number of hydrogen-bond acceptors (Lipinski definition) is 5. The third-order valence-electron chi connectivity index (χ3n) is 3.99. The number of esters is 1. The van der Waals surface area contributed by atoms with Gasteiger partial charge in [-0.3, -0.25) is 14.9 Å². The van der Waals surface area contributed by atoms with Crippen LogP contribution in [-0.4, -0.2) is 25.4 Å². The summed E-state index contributed by atoms with van der Waals surface area (Å²) < 4.78 is 35.1. The number of nitrogens with zero attached hydrogens (tertiary/aromatic N) is 1. The zero-order valence-electron chi connectivity index (χ0n) is 17.4. The van der Waals surface area contributed by atoms with Crippen LogP contribution in [0.1, 0.15) is 66.9 Å². The molecule has 0 heterocycles. The zero-order chi connectivity index (χ0) is 21.9. The molecule has 2 atom stereocenters. The number of halogens is 1. The average molecular weight is 417 g/mol. The monoisotopic (exact) mass is 416 g/mol. The maximum Gasteiger partial charge on any atom is 0.308 e. The van der Waals surface area contributed by atoms with Gasteiger partial charge < -0.3 is 4.74 Å². The van der Waals surface area contributed by atoms with E-state index < -0.39 is 43.6 Å². The number of ether oxygens (including phenoxy) is 1. The number of carbonyl (C=O) groups excluding carboxylic acids is 1. The number of nitrogens with one attached hydrogen (secondary N) is 1. The molecule has 0 saturated carbocycles. The molecule has 0 radical (unpaired) electrons. The van der Waals surface area contributed by atoms with Crippen molar-refractivity contribution in [2.24, 2.45) is 0 Å². The summed E-state index contributed by atoms with van der Waals surface area (Å²) in [6, 6.07) is 3.11. The van der Waals surface area contributed by atoms with Crippen LogP contribution in [0.15, 0.2) is 18.2 Å². The number of benzene rings is 1.